The number of hydrogen-bond acceptors (Lipinski definition) is 1. The standard InChI is InChI=1S/C19H25NS/c1-4-5-6-14(2)7-8-16-9-10-19-18(12-16)17(13-20-19)11-15(3)21/h4-6,9-10,12-13,15,20-21H,7-8,11H2,1-3H3/b5-4-,14-6+. The van der Waals surface area contributed by atoms with Gasteiger partial charge in [0.05, 0.1) is 0 Å². The van der Waals surface area contributed by atoms with Crippen molar-refractivity contribution in [2.75, 3.05) is 0 Å². The van der Waals surface area contributed by atoms with Crippen molar-refractivity contribution in [2.45, 2.75) is 45.3 Å². The molecule has 0 saturated heterocycles. The lowest BCUT2D eigenvalue weighted by atomic mass is 10.0. The van der Waals surface area contributed by atoms with Gasteiger partial charge >= 0.3 is 0 Å². The van der Waals surface area contributed by atoms with Crippen LogP contribution >= 0.6 is 12.6 Å². The van der Waals surface area contributed by atoms with E-state index in [0.29, 0.717) is 5.25 Å². The fourth-order valence-corrected chi connectivity index (χ4v) is 2.75. The van der Waals surface area contributed by atoms with E-state index in [2.05, 4.69) is 74.1 Å². The summed E-state index contributed by atoms with van der Waals surface area (Å²) < 4.78 is 0. The summed E-state index contributed by atoms with van der Waals surface area (Å²) in [5, 5.41) is 1.74. The van der Waals surface area contributed by atoms with E-state index in [4.69, 9.17) is 0 Å². The number of H-pyrrole nitrogens is 1. The van der Waals surface area contributed by atoms with Crippen LogP contribution in [-0.2, 0) is 12.8 Å². The van der Waals surface area contributed by atoms with Gasteiger partial charge in [0.2, 0.25) is 0 Å². The van der Waals surface area contributed by atoms with Crippen LogP contribution in [0.1, 0.15) is 38.3 Å². The third kappa shape index (κ3) is 4.53. The van der Waals surface area contributed by atoms with Gasteiger partial charge in [-0.3, -0.25) is 0 Å². The van der Waals surface area contributed by atoms with Crippen molar-refractivity contribution in [1.29, 1.82) is 0 Å². The summed E-state index contributed by atoms with van der Waals surface area (Å²) in [6.45, 7) is 6.39. The molecule has 0 radical (unpaired) electrons. The highest BCUT2D eigenvalue weighted by atomic mass is 32.1. The van der Waals surface area contributed by atoms with Gasteiger partial charge in [-0.15, -0.1) is 0 Å². The molecule has 1 aromatic carbocycles. The van der Waals surface area contributed by atoms with E-state index in [1.54, 1.807) is 0 Å². The molecule has 1 unspecified atom stereocenters. The molecule has 2 rings (SSSR count). The topological polar surface area (TPSA) is 15.8 Å². The lowest BCUT2D eigenvalue weighted by molar-refractivity contribution is 0.941. The van der Waals surface area contributed by atoms with Crippen molar-refractivity contribution in [1.82, 2.24) is 4.98 Å². The lowest BCUT2D eigenvalue weighted by Gasteiger charge is -2.05. The van der Waals surface area contributed by atoms with Crippen molar-refractivity contribution >= 4 is 23.5 Å². The van der Waals surface area contributed by atoms with Crippen LogP contribution < -0.4 is 0 Å². The summed E-state index contributed by atoms with van der Waals surface area (Å²) >= 11 is 4.51. The molecule has 0 aliphatic carbocycles. The first kappa shape index (κ1) is 16.0. The number of aromatic nitrogens is 1. The molecule has 1 atom stereocenters. The Balaban J connectivity index is 2.14. The maximum absolute atomic E-state index is 4.51. The molecule has 0 aliphatic heterocycles. The van der Waals surface area contributed by atoms with E-state index in [0.717, 1.165) is 19.3 Å². The maximum Gasteiger partial charge on any atom is 0.0456 e. The number of hydrogen-bond donors (Lipinski definition) is 2. The van der Waals surface area contributed by atoms with Gasteiger partial charge in [0, 0.05) is 22.3 Å². The number of benzene rings is 1. The van der Waals surface area contributed by atoms with E-state index >= 15 is 0 Å². The van der Waals surface area contributed by atoms with E-state index in [1.165, 1.54) is 27.6 Å². The van der Waals surface area contributed by atoms with Gasteiger partial charge in [0.15, 0.2) is 0 Å². The molecule has 1 aromatic heterocycles. The molecule has 0 saturated carbocycles. The van der Waals surface area contributed by atoms with Crippen molar-refractivity contribution in [3.63, 3.8) is 0 Å². The third-order valence-electron chi connectivity index (χ3n) is 3.73. The molecule has 0 amide bonds. The molecule has 0 spiro atoms. The molecule has 1 nitrogen and oxygen atoms in total. The van der Waals surface area contributed by atoms with Crippen molar-refractivity contribution in [2.24, 2.45) is 0 Å². The van der Waals surface area contributed by atoms with Crippen LogP contribution in [0.25, 0.3) is 10.9 Å². The molecular weight excluding hydrogens is 274 g/mol. The highest BCUT2D eigenvalue weighted by Crippen LogP contribution is 2.23. The molecule has 0 fully saturated rings. The predicted octanol–water partition coefficient (Wildman–Crippen LogP) is 5.48. The second kappa shape index (κ2) is 7.56. The highest BCUT2D eigenvalue weighted by Gasteiger charge is 2.07. The average Bonchev–Trinajstić information content (AvgIpc) is 2.84. The minimum atomic E-state index is 0.388. The summed E-state index contributed by atoms with van der Waals surface area (Å²) in [4.78, 5) is 3.36. The minimum Gasteiger partial charge on any atom is -0.361 e. The molecule has 1 heterocycles. The first-order chi connectivity index (χ1) is 10.1. The summed E-state index contributed by atoms with van der Waals surface area (Å²) in [5.74, 6) is 0. The van der Waals surface area contributed by atoms with Crippen molar-refractivity contribution < 1.29 is 0 Å². The van der Waals surface area contributed by atoms with Gasteiger partial charge < -0.3 is 4.98 Å². The van der Waals surface area contributed by atoms with Gasteiger partial charge in [-0.2, -0.15) is 12.6 Å². The van der Waals surface area contributed by atoms with Gasteiger partial charge in [0.1, 0.15) is 0 Å². The zero-order chi connectivity index (χ0) is 15.2. The molecule has 112 valence electrons. The van der Waals surface area contributed by atoms with E-state index < -0.39 is 0 Å². The van der Waals surface area contributed by atoms with E-state index in [-0.39, 0.29) is 0 Å². The molecule has 0 aliphatic rings. The average molecular weight is 299 g/mol. The van der Waals surface area contributed by atoms with Crippen molar-refractivity contribution in [3.05, 3.63) is 59.3 Å². The molecule has 21 heavy (non-hydrogen) atoms. The van der Waals surface area contributed by atoms with Gasteiger partial charge in [0.25, 0.3) is 0 Å². The number of aromatic amines is 1. The summed E-state index contributed by atoms with van der Waals surface area (Å²) in [7, 11) is 0. The van der Waals surface area contributed by atoms with E-state index in [9.17, 15) is 0 Å². The maximum atomic E-state index is 4.51. The highest BCUT2D eigenvalue weighted by molar-refractivity contribution is 7.80. The van der Waals surface area contributed by atoms with Crippen LogP contribution in [0, 0.1) is 0 Å². The number of aryl methyl sites for hydroxylation is 1. The van der Waals surface area contributed by atoms with Gasteiger partial charge in [-0.25, -0.2) is 0 Å². The Morgan fingerprint density at radius 3 is 2.90 bits per heavy atom. The molecule has 2 heteroatoms. The summed E-state index contributed by atoms with van der Waals surface area (Å²) in [5.41, 5.74) is 5.43. The zero-order valence-electron chi connectivity index (χ0n) is 13.2. The Kier molecular flexibility index (Phi) is 5.75. The minimum absolute atomic E-state index is 0.388. The van der Waals surface area contributed by atoms with Gasteiger partial charge in [-0.1, -0.05) is 36.8 Å². The lowest BCUT2D eigenvalue weighted by Crippen LogP contribution is -1.96. The monoisotopic (exact) mass is 299 g/mol. The smallest absolute Gasteiger partial charge is 0.0456 e. The van der Waals surface area contributed by atoms with Gasteiger partial charge in [-0.05, 0) is 56.4 Å². The van der Waals surface area contributed by atoms with Crippen LogP contribution in [-0.4, -0.2) is 10.2 Å². The number of allylic oxidation sites excluding steroid dienone is 4. The summed E-state index contributed by atoms with van der Waals surface area (Å²) in [6.07, 6.45) is 11.7. The normalized spacial score (nSPS) is 14.2. The van der Waals surface area contributed by atoms with Crippen LogP contribution in [0.3, 0.4) is 0 Å². The largest absolute Gasteiger partial charge is 0.361 e. The Hall–Kier alpha value is -1.41. The SMILES string of the molecule is C/C=C\C=C(/C)CCc1ccc2[nH]cc(CC(C)S)c2c1. The Labute approximate surface area is 133 Å². The first-order valence-corrected chi connectivity index (χ1v) is 8.17. The van der Waals surface area contributed by atoms with Crippen LogP contribution in [0.5, 0.6) is 0 Å². The quantitative estimate of drug-likeness (QED) is 0.518. The molecule has 0 bridgehead atoms. The predicted molar refractivity (Wildman–Crippen MR) is 97.3 cm³/mol. The summed E-state index contributed by atoms with van der Waals surface area (Å²) in [6, 6.07) is 6.76. The Bertz CT molecular complexity index is 647. The van der Waals surface area contributed by atoms with Crippen LogP contribution in [0.15, 0.2) is 48.2 Å². The van der Waals surface area contributed by atoms with Crippen molar-refractivity contribution in [3.8, 4) is 0 Å². The number of fused-ring (bicyclic) bond motifs is 1. The molecular formula is C19H25NS. The fraction of sp³-hybridized carbons (Fsp3) is 0.368. The Morgan fingerprint density at radius 2 is 2.19 bits per heavy atom. The Morgan fingerprint density at radius 1 is 1.38 bits per heavy atom. The molecule has 2 aromatic rings. The second-order valence-corrected chi connectivity index (χ2v) is 6.67. The zero-order valence-corrected chi connectivity index (χ0v) is 14.1. The van der Waals surface area contributed by atoms with Crippen LogP contribution in [0.2, 0.25) is 0 Å². The van der Waals surface area contributed by atoms with Crippen LogP contribution in [0.4, 0.5) is 0 Å². The fourth-order valence-electron chi connectivity index (χ4n) is 2.55. The number of nitrogens with one attached hydrogen (secondary N) is 1. The number of rotatable bonds is 6. The second-order valence-electron chi connectivity index (χ2n) is 5.79. The van der Waals surface area contributed by atoms with E-state index in [1.807, 2.05) is 6.92 Å². The first-order valence-electron chi connectivity index (χ1n) is 7.65. The molecule has 1 N–H and O–H groups in total. The number of thiol groups is 1. The third-order valence-corrected chi connectivity index (χ3v) is 3.91.